The predicted octanol–water partition coefficient (Wildman–Crippen LogP) is 2.74. The molecule has 1 aliphatic rings. The van der Waals surface area contributed by atoms with Crippen LogP contribution in [-0.2, 0) is 5.54 Å². The van der Waals surface area contributed by atoms with Crippen molar-refractivity contribution in [3.63, 3.8) is 0 Å². The van der Waals surface area contributed by atoms with E-state index in [0.29, 0.717) is 18.8 Å². The minimum atomic E-state index is -0.165. The average molecular weight is 397 g/mol. The van der Waals surface area contributed by atoms with Crippen LogP contribution in [0.2, 0.25) is 0 Å². The van der Waals surface area contributed by atoms with Crippen LogP contribution < -0.4 is 0 Å². The van der Waals surface area contributed by atoms with Gasteiger partial charge < -0.3 is 9.32 Å². The zero-order chi connectivity index (χ0) is 18.7. The summed E-state index contributed by atoms with van der Waals surface area (Å²) in [5, 5.41) is 12.5. The molecule has 9 heteroatoms. The molecule has 0 saturated carbocycles. The van der Waals surface area contributed by atoms with E-state index in [9.17, 15) is 4.79 Å². The summed E-state index contributed by atoms with van der Waals surface area (Å²) in [6.45, 7) is 11.5. The Morgan fingerprint density at radius 1 is 1.26 bits per heavy atom. The second kappa shape index (κ2) is 8.84. The summed E-state index contributed by atoms with van der Waals surface area (Å²) in [4.78, 5) is 16.7. The fourth-order valence-corrected chi connectivity index (χ4v) is 3.42. The number of amides is 1. The highest BCUT2D eigenvalue weighted by Gasteiger charge is 2.32. The Bertz CT molecular complexity index is 717. The molecule has 3 rings (SSSR count). The normalized spacial score (nSPS) is 16.8. The number of hydrogen-bond acceptors (Lipinski definition) is 6. The molecule has 27 heavy (non-hydrogen) atoms. The van der Waals surface area contributed by atoms with Gasteiger partial charge in [-0.2, -0.15) is 0 Å². The SMILES string of the molecule is CCCC(c1nnnn1C(C)(C)C)N1CCN(C(=O)c2ccco2)CC1.Cl. The molecule has 0 aliphatic carbocycles. The minimum absolute atomic E-state index is 0. The maximum absolute atomic E-state index is 12.5. The van der Waals surface area contributed by atoms with Gasteiger partial charge in [-0.05, 0) is 49.8 Å². The summed E-state index contributed by atoms with van der Waals surface area (Å²) in [6, 6.07) is 3.62. The van der Waals surface area contributed by atoms with Crippen molar-refractivity contribution in [2.75, 3.05) is 26.2 Å². The highest BCUT2D eigenvalue weighted by molar-refractivity contribution is 5.91. The number of tetrazole rings is 1. The summed E-state index contributed by atoms with van der Waals surface area (Å²) in [5.41, 5.74) is -0.165. The molecule has 1 amide bonds. The van der Waals surface area contributed by atoms with E-state index in [0.717, 1.165) is 31.8 Å². The molecule has 0 radical (unpaired) electrons. The van der Waals surface area contributed by atoms with E-state index in [4.69, 9.17) is 4.42 Å². The van der Waals surface area contributed by atoms with Crippen LogP contribution in [0.5, 0.6) is 0 Å². The molecule has 3 heterocycles. The molecule has 8 nitrogen and oxygen atoms in total. The molecule has 2 aromatic rings. The Morgan fingerprint density at radius 2 is 1.96 bits per heavy atom. The number of nitrogens with zero attached hydrogens (tertiary/aromatic N) is 6. The van der Waals surface area contributed by atoms with E-state index in [1.165, 1.54) is 6.26 Å². The van der Waals surface area contributed by atoms with Crippen LogP contribution in [-0.4, -0.2) is 62.1 Å². The van der Waals surface area contributed by atoms with Gasteiger partial charge in [0.15, 0.2) is 11.6 Å². The van der Waals surface area contributed by atoms with Crippen molar-refractivity contribution in [2.24, 2.45) is 0 Å². The largest absolute Gasteiger partial charge is 0.459 e. The Morgan fingerprint density at radius 3 is 2.52 bits per heavy atom. The van der Waals surface area contributed by atoms with E-state index in [1.807, 2.05) is 9.58 Å². The van der Waals surface area contributed by atoms with Crippen molar-refractivity contribution < 1.29 is 9.21 Å². The molecule has 1 atom stereocenters. The number of carbonyl (C=O) groups excluding carboxylic acids is 1. The third-order valence-electron chi connectivity index (χ3n) is 4.76. The lowest BCUT2D eigenvalue weighted by molar-refractivity contribution is 0.0509. The summed E-state index contributed by atoms with van der Waals surface area (Å²) < 4.78 is 7.16. The topological polar surface area (TPSA) is 80.3 Å². The monoisotopic (exact) mass is 396 g/mol. The molecule has 0 bridgehead atoms. The molecule has 2 aromatic heterocycles. The Balaban J connectivity index is 0.00000261. The molecule has 150 valence electrons. The summed E-state index contributed by atoms with van der Waals surface area (Å²) in [6.07, 6.45) is 3.57. The second-order valence-corrected chi connectivity index (χ2v) is 7.73. The maximum Gasteiger partial charge on any atom is 0.289 e. The van der Waals surface area contributed by atoms with Crippen molar-refractivity contribution >= 4 is 18.3 Å². The van der Waals surface area contributed by atoms with Gasteiger partial charge in [-0.25, -0.2) is 4.68 Å². The first-order valence-electron chi connectivity index (χ1n) is 9.27. The Kier molecular flexibility index (Phi) is 7.00. The molecular weight excluding hydrogens is 368 g/mol. The predicted molar refractivity (Wildman–Crippen MR) is 104 cm³/mol. The first-order valence-corrected chi connectivity index (χ1v) is 9.27. The third kappa shape index (κ3) is 4.68. The van der Waals surface area contributed by atoms with Crippen LogP contribution in [0, 0.1) is 0 Å². The number of carbonyl (C=O) groups is 1. The molecule has 1 saturated heterocycles. The Hall–Kier alpha value is -1.93. The van der Waals surface area contributed by atoms with Crippen LogP contribution in [0.15, 0.2) is 22.8 Å². The third-order valence-corrected chi connectivity index (χ3v) is 4.76. The van der Waals surface area contributed by atoms with Crippen LogP contribution in [0.1, 0.15) is 63.0 Å². The van der Waals surface area contributed by atoms with Crippen molar-refractivity contribution in [1.29, 1.82) is 0 Å². The Labute approximate surface area is 166 Å². The van der Waals surface area contributed by atoms with E-state index in [2.05, 4.69) is 48.1 Å². The number of rotatable bonds is 5. The summed E-state index contributed by atoms with van der Waals surface area (Å²) in [5.74, 6) is 1.27. The maximum atomic E-state index is 12.5. The summed E-state index contributed by atoms with van der Waals surface area (Å²) in [7, 11) is 0. The van der Waals surface area contributed by atoms with E-state index >= 15 is 0 Å². The summed E-state index contributed by atoms with van der Waals surface area (Å²) >= 11 is 0. The van der Waals surface area contributed by atoms with E-state index in [1.54, 1.807) is 12.1 Å². The second-order valence-electron chi connectivity index (χ2n) is 7.73. The van der Waals surface area contributed by atoms with E-state index in [-0.39, 0.29) is 29.9 Å². The minimum Gasteiger partial charge on any atom is -0.459 e. The van der Waals surface area contributed by atoms with Gasteiger partial charge in [0.1, 0.15) is 0 Å². The molecule has 1 fully saturated rings. The molecular formula is C18H29ClN6O2. The first-order chi connectivity index (χ1) is 12.4. The van der Waals surface area contributed by atoms with Gasteiger partial charge >= 0.3 is 0 Å². The highest BCUT2D eigenvalue weighted by Crippen LogP contribution is 2.28. The number of aromatic nitrogens is 4. The molecule has 1 aliphatic heterocycles. The van der Waals surface area contributed by atoms with Gasteiger partial charge in [-0.3, -0.25) is 9.69 Å². The lowest BCUT2D eigenvalue weighted by Crippen LogP contribution is -2.50. The van der Waals surface area contributed by atoms with Gasteiger partial charge in [-0.15, -0.1) is 17.5 Å². The molecule has 0 N–H and O–H groups in total. The number of halogens is 1. The first kappa shape index (κ1) is 21.4. The van der Waals surface area contributed by atoms with Crippen molar-refractivity contribution in [3.05, 3.63) is 30.0 Å². The van der Waals surface area contributed by atoms with Gasteiger partial charge in [0.05, 0.1) is 17.8 Å². The van der Waals surface area contributed by atoms with Crippen LogP contribution in [0.3, 0.4) is 0 Å². The fourth-order valence-electron chi connectivity index (χ4n) is 3.42. The van der Waals surface area contributed by atoms with Gasteiger partial charge in [-0.1, -0.05) is 13.3 Å². The lowest BCUT2D eigenvalue weighted by Gasteiger charge is -2.39. The zero-order valence-corrected chi connectivity index (χ0v) is 17.3. The number of hydrogen-bond donors (Lipinski definition) is 0. The molecule has 1 unspecified atom stereocenters. The van der Waals surface area contributed by atoms with Gasteiger partial charge in [0.25, 0.3) is 5.91 Å². The number of piperazine rings is 1. The van der Waals surface area contributed by atoms with Gasteiger partial charge in [0.2, 0.25) is 0 Å². The fraction of sp³-hybridized carbons (Fsp3) is 0.667. The van der Waals surface area contributed by atoms with E-state index < -0.39 is 0 Å². The standard InChI is InChI=1S/C18H28N6O2.ClH/c1-5-7-14(16-19-20-21-24(16)18(2,3)4)22-9-11-23(12-10-22)17(25)15-8-6-13-26-15;/h6,8,13-14H,5,7,9-12H2,1-4H3;1H. The lowest BCUT2D eigenvalue weighted by atomic mass is 10.0. The van der Waals surface area contributed by atoms with Crippen LogP contribution in [0.25, 0.3) is 0 Å². The van der Waals surface area contributed by atoms with Crippen molar-refractivity contribution in [2.45, 2.75) is 52.1 Å². The van der Waals surface area contributed by atoms with Crippen LogP contribution in [0.4, 0.5) is 0 Å². The molecule has 0 spiro atoms. The zero-order valence-electron chi connectivity index (χ0n) is 16.5. The van der Waals surface area contributed by atoms with Crippen molar-refractivity contribution in [1.82, 2.24) is 30.0 Å². The van der Waals surface area contributed by atoms with Crippen LogP contribution >= 0.6 is 12.4 Å². The van der Waals surface area contributed by atoms with Gasteiger partial charge in [0, 0.05) is 26.2 Å². The average Bonchev–Trinajstić information content (AvgIpc) is 3.30. The quantitative estimate of drug-likeness (QED) is 0.773. The van der Waals surface area contributed by atoms with Crippen molar-refractivity contribution in [3.8, 4) is 0 Å². The highest BCUT2D eigenvalue weighted by atomic mass is 35.5. The number of furan rings is 1. The smallest absolute Gasteiger partial charge is 0.289 e. The molecule has 0 aromatic carbocycles.